The van der Waals surface area contributed by atoms with Gasteiger partial charge in [0.05, 0.1) is 25.4 Å². The van der Waals surface area contributed by atoms with E-state index >= 15 is 0 Å². The third-order valence-electron chi connectivity index (χ3n) is 4.02. The Kier molecular flexibility index (Phi) is 1.37. The van der Waals surface area contributed by atoms with Crippen molar-refractivity contribution in [1.82, 2.24) is 0 Å². The van der Waals surface area contributed by atoms with Crippen molar-refractivity contribution in [3.63, 3.8) is 0 Å². The van der Waals surface area contributed by atoms with Crippen molar-refractivity contribution in [2.24, 2.45) is 11.3 Å². The van der Waals surface area contributed by atoms with Gasteiger partial charge in [-0.25, -0.2) is 0 Å². The van der Waals surface area contributed by atoms with Crippen LogP contribution in [0.5, 0.6) is 0 Å². The zero-order valence-corrected chi connectivity index (χ0v) is 7.58. The quantitative estimate of drug-likeness (QED) is 0.512. The molecule has 68 valence electrons. The molecule has 3 rings (SSSR count). The van der Waals surface area contributed by atoms with Gasteiger partial charge in [-0.3, -0.25) is 0 Å². The molecule has 2 saturated heterocycles. The third-order valence-corrected chi connectivity index (χ3v) is 4.02. The zero-order chi connectivity index (χ0) is 8.18. The van der Waals surface area contributed by atoms with Gasteiger partial charge in [0.25, 0.3) is 0 Å². The second-order valence-corrected chi connectivity index (χ2v) is 4.74. The minimum Gasteiger partial charge on any atom is -0.380 e. The Morgan fingerprint density at radius 1 is 1.25 bits per heavy atom. The maximum Gasteiger partial charge on any atom is 0.0844 e. The molecule has 2 heterocycles. The van der Waals surface area contributed by atoms with Crippen LogP contribution in [-0.2, 0) is 9.47 Å². The molecular formula is C10H16O2. The highest BCUT2D eigenvalue weighted by molar-refractivity contribution is 5.00. The fourth-order valence-electron chi connectivity index (χ4n) is 2.71. The van der Waals surface area contributed by atoms with Crippen molar-refractivity contribution in [2.75, 3.05) is 13.2 Å². The average molecular weight is 168 g/mol. The topological polar surface area (TPSA) is 21.8 Å². The lowest BCUT2D eigenvalue weighted by atomic mass is 9.71. The summed E-state index contributed by atoms with van der Waals surface area (Å²) in [7, 11) is 0. The molecule has 12 heavy (non-hydrogen) atoms. The predicted octanol–water partition coefficient (Wildman–Crippen LogP) is 1.59. The maximum absolute atomic E-state index is 5.55. The minimum absolute atomic E-state index is 0.552. The number of rotatable bonds is 0. The molecule has 3 unspecified atom stereocenters. The summed E-state index contributed by atoms with van der Waals surface area (Å²) in [4.78, 5) is 0. The maximum atomic E-state index is 5.55. The summed E-state index contributed by atoms with van der Waals surface area (Å²) in [6, 6.07) is 0. The second-order valence-electron chi connectivity index (χ2n) is 4.74. The lowest BCUT2D eigenvalue weighted by molar-refractivity contribution is -0.149. The fraction of sp³-hybridized carbons (Fsp3) is 1.00. The molecule has 0 radical (unpaired) electrons. The molecule has 2 aliphatic heterocycles. The monoisotopic (exact) mass is 168 g/mol. The van der Waals surface area contributed by atoms with E-state index in [-0.39, 0.29) is 0 Å². The molecular weight excluding hydrogens is 152 g/mol. The molecule has 2 heteroatoms. The van der Waals surface area contributed by atoms with E-state index in [1.807, 2.05) is 0 Å². The molecule has 3 atom stereocenters. The van der Waals surface area contributed by atoms with Gasteiger partial charge in [0.2, 0.25) is 0 Å². The lowest BCUT2D eigenvalue weighted by Crippen LogP contribution is -2.47. The van der Waals surface area contributed by atoms with Crippen molar-refractivity contribution in [2.45, 2.75) is 38.4 Å². The molecule has 0 aromatic carbocycles. The second kappa shape index (κ2) is 2.24. The predicted molar refractivity (Wildman–Crippen MR) is 44.9 cm³/mol. The van der Waals surface area contributed by atoms with Gasteiger partial charge in [0.1, 0.15) is 0 Å². The molecule has 0 amide bonds. The van der Waals surface area contributed by atoms with Crippen LogP contribution in [0.2, 0.25) is 0 Å². The van der Waals surface area contributed by atoms with Crippen LogP contribution in [-0.4, -0.2) is 25.4 Å². The van der Waals surface area contributed by atoms with E-state index < -0.39 is 0 Å². The Bertz CT molecular complexity index is 198. The molecule has 0 bridgehead atoms. The Labute approximate surface area is 73.2 Å². The minimum atomic E-state index is 0.552. The van der Waals surface area contributed by atoms with Crippen molar-refractivity contribution in [3.05, 3.63) is 0 Å². The van der Waals surface area contributed by atoms with Gasteiger partial charge in [-0.05, 0) is 25.2 Å². The van der Waals surface area contributed by atoms with Crippen LogP contribution in [0.1, 0.15) is 26.2 Å². The number of hydrogen-bond donors (Lipinski definition) is 0. The Morgan fingerprint density at radius 3 is 2.75 bits per heavy atom. The smallest absolute Gasteiger partial charge is 0.0844 e. The lowest BCUT2D eigenvalue weighted by Gasteiger charge is -2.45. The Morgan fingerprint density at radius 2 is 2.08 bits per heavy atom. The highest BCUT2D eigenvalue weighted by Crippen LogP contribution is 2.50. The van der Waals surface area contributed by atoms with Gasteiger partial charge in [0, 0.05) is 5.41 Å². The molecule has 3 aliphatic rings. The van der Waals surface area contributed by atoms with Crippen LogP contribution in [0.3, 0.4) is 0 Å². The SMILES string of the molecule is CC1CC2OC2CCC12COC2. The molecule has 2 nitrogen and oxygen atoms in total. The molecule has 0 aromatic rings. The van der Waals surface area contributed by atoms with Crippen LogP contribution < -0.4 is 0 Å². The summed E-state index contributed by atoms with van der Waals surface area (Å²) < 4.78 is 10.9. The molecule has 1 spiro atoms. The summed E-state index contributed by atoms with van der Waals surface area (Å²) in [6.45, 7) is 4.38. The van der Waals surface area contributed by atoms with Crippen LogP contribution in [0.4, 0.5) is 0 Å². The normalized spacial score (nSPS) is 49.2. The third kappa shape index (κ3) is 0.882. The Balaban J connectivity index is 1.77. The van der Waals surface area contributed by atoms with Gasteiger partial charge in [-0.2, -0.15) is 0 Å². The van der Waals surface area contributed by atoms with Gasteiger partial charge in [-0.15, -0.1) is 0 Å². The highest BCUT2D eigenvalue weighted by Gasteiger charge is 2.52. The van der Waals surface area contributed by atoms with Crippen LogP contribution in [0, 0.1) is 11.3 Å². The summed E-state index contributed by atoms with van der Waals surface area (Å²) in [5, 5.41) is 0. The van der Waals surface area contributed by atoms with Crippen molar-refractivity contribution >= 4 is 0 Å². The first kappa shape index (κ1) is 7.34. The van der Waals surface area contributed by atoms with E-state index in [0.717, 1.165) is 19.1 Å². The molecule has 1 aliphatic carbocycles. The number of ether oxygens (including phenoxy) is 2. The van der Waals surface area contributed by atoms with E-state index in [4.69, 9.17) is 9.47 Å². The molecule has 0 aromatic heterocycles. The standard InChI is InChI=1S/C10H16O2/c1-7-4-9-8(12-9)2-3-10(7)5-11-6-10/h7-9H,2-6H2,1H3. The van der Waals surface area contributed by atoms with Crippen LogP contribution in [0.25, 0.3) is 0 Å². The molecule has 1 saturated carbocycles. The largest absolute Gasteiger partial charge is 0.380 e. The Hall–Kier alpha value is -0.0800. The van der Waals surface area contributed by atoms with Crippen molar-refractivity contribution in [1.29, 1.82) is 0 Å². The van der Waals surface area contributed by atoms with E-state index in [9.17, 15) is 0 Å². The van der Waals surface area contributed by atoms with Crippen molar-refractivity contribution < 1.29 is 9.47 Å². The summed E-state index contributed by atoms with van der Waals surface area (Å²) in [6.07, 6.45) is 5.11. The van der Waals surface area contributed by atoms with E-state index in [1.54, 1.807) is 0 Å². The van der Waals surface area contributed by atoms with Gasteiger partial charge in [0.15, 0.2) is 0 Å². The first-order valence-electron chi connectivity index (χ1n) is 5.03. The molecule has 3 fully saturated rings. The first-order valence-corrected chi connectivity index (χ1v) is 5.03. The highest BCUT2D eigenvalue weighted by atomic mass is 16.6. The van der Waals surface area contributed by atoms with E-state index in [2.05, 4.69) is 6.92 Å². The van der Waals surface area contributed by atoms with Gasteiger partial charge in [-0.1, -0.05) is 6.92 Å². The summed E-state index contributed by atoms with van der Waals surface area (Å²) in [5.41, 5.74) is 0.552. The van der Waals surface area contributed by atoms with Gasteiger partial charge < -0.3 is 9.47 Å². The van der Waals surface area contributed by atoms with E-state index in [1.165, 1.54) is 19.3 Å². The summed E-state index contributed by atoms with van der Waals surface area (Å²) in [5.74, 6) is 0.809. The van der Waals surface area contributed by atoms with Crippen molar-refractivity contribution in [3.8, 4) is 0 Å². The number of hydrogen-bond acceptors (Lipinski definition) is 2. The zero-order valence-electron chi connectivity index (χ0n) is 7.58. The fourth-order valence-corrected chi connectivity index (χ4v) is 2.71. The first-order chi connectivity index (χ1) is 5.80. The number of epoxide rings is 1. The molecule has 0 N–H and O–H groups in total. The summed E-state index contributed by atoms with van der Waals surface area (Å²) >= 11 is 0. The average Bonchev–Trinajstić information content (AvgIpc) is 2.63. The number of fused-ring (bicyclic) bond motifs is 1. The van der Waals surface area contributed by atoms with E-state index in [0.29, 0.717) is 17.6 Å². The van der Waals surface area contributed by atoms with Gasteiger partial charge >= 0.3 is 0 Å². The van der Waals surface area contributed by atoms with Crippen LogP contribution >= 0.6 is 0 Å². The van der Waals surface area contributed by atoms with Crippen LogP contribution in [0.15, 0.2) is 0 Å².